The molecule has 0 bridgehead atoms. The Morgan fingerprint density at radius 1 is 0.354 bits per heavy atom. The third-order valence-corrected chi connectivity index (χ3v) is 8.84. The number of aromatic nitrogens is 4. The minimum Gasteiger partial charge on any atom is -0.451 e. The van der Waals surface area contributed by atoms with E-state index in [9.17, 15) is 0 Å². The van der Waals surface area contributed by atoms with Crippen molar-refractivity contribution in [2.45, 2.75) is 0 Å². The zero-order valence-corrected chi connectivity index (χ0v) is 25.6. The lowest BCUT2D eigenvalue weighted by Crippen LogP contribution is -1.95. The van der Waals surface area contributed by atoms with E-state index in [1.165, 1.54) is 23.9 Å². The first-order chi connectivity index (χ1) is 23.8. The van der Waals surface area contributed by atoms with Crippen LogP contribution in [0.2, 0.25) is 0 Å². The van der Waals surface area contributed by atoms with Crippen LogP contribution in [0.4, 0.5) is 0 Å². The predicted octanol–water partition coefficient (Wildman–Crippen LogP) is 10.8. The summed E-state index contributed by atoms with van der Waals surface area (Å²) in [5.41, 5.74) is 11.8. The van der Waals surface area contributed by atoms with Gasteiger partial charge >= 0.3 is 0 Å². The second kappa shape index (κ2) is 11.6. The van der Waals surface area contributed by atoms with Gasteiger partial charge in [-0.3, -0.25) is 9.97 Å². The fourth-order valence-electron chi connectivity index (χ4n) is 6.67. The summed E-state index contributed by atoms with van der Waals surface area (Å²) in [4.78, 5) is 18.7. The molecule has 48 heavy (non-hydrogen) atoms. The fraction of sp³-hybridized carbons (Fsp3) is 0. The first kappa shape index (κ1) is 27.6. The molecule has 4 aromatic heterocycles. The fourth-order valence-corrected chi connectivity index (χ4v) is 6.67. The zero-order valence-electron chi connectivity index (χ0n) is 25.6. The summed E-state index contributed by atoms with van der Waals surface area (Å²) in [6.45, 7) is 0. The molecule has 0 radical (unpaired) electrons. The molecule has 0 saturated heterocycles. The summed E-state index contributed by atoms with van der Waals surface area (Å²) in [7, 11) is 0. The van der Waals surface area contributed by atoms with E-state index in [1.807, 2.05) is 30.6 Å². The average molecular weight is 619 g/mol. The Morgan fingerprint density at radius 2 is 0.875 bits per heavy atom. The van der Waals surface area contributed by atoms with Gasteiger partial charge in [0, 0.05) is 34.6 Å². The molecule has 9 rings (SSSR count). The molecule has 0 aliphatic rings. The molecule has 0 saturated carbocycles. The predicted molar refractivity (Wildman–Crippen MR) is 190 cm³/mol. The van der Waals surface area contributed by atoms with Crippen molar-refractivity contribution < 1.29 is 8.83 Å². The van der Waals surface area contributed by atoms with Gasteiger partial charge in [-0.05, 0) is 74.1 Å². The number of benzene rings is 5. The van der Waals surface area contributed by atoms with E-state index in [2.05, 4.69) is 113 Å². The maximum absolute atomic E-state index is 5.32. The van der Waals surface area contributed by atoms with E-state index in [1.54, 1.807) is 12.5 Å². The minimum absolute atomic E-state index is 0.759. The van der Waals surface area contributed by atoms with Crippen molar-refractivity contribution >= 4 is 21.5 Å². The van der Waals surface area contributed by atoms with Crippen LogP contribution in [0.15, 0.2) is 168 Å². The molecular weight excluding hydrogens is 592 g/mol. The summed E-state index contributed by atoms with van der Waals surface area (Å²) in [6.07, 6.45) is 9.88. The Balaban J connectivity index is 1.36. The highest BCUT2D eigenvalue weighted by molar-refractivity contribution is 6.21. The SMILES string of the molecule is c1ccc(-c2ccccc2-c2ccc3c(-c4cc(-c5cocn5)ccn4)c4ccccc4c(-c4cc(-c5cocn5)ccn4)c3c2)cc1. The van der Waals surface area contributed by atoms with Gasteiger partial charge in [0.25, 0.3) is 0 Å². The van der Waals surface area contributed by atoms with Crippen molar-refractivity contribution in [3.8, 4) is 67.3 Å². The topological polar surface area (TPSA) is 77.8 Å². The van der Waals surface area contributed by atoms with E-state index in [0.717, 1.165) is 77.7 Å². The Bertz CT molecular complexity index is 2560. The van der Waals surface area contributed by atoms with Crippen LogP contribution in [0.25, 0.3) is 88.8 Å². The molecule has 0 atom stereocenters. The summed E-state index contributed by atoms with van der Waals surface area (Å²) in [6, 6.07) is 42.4. The number of rotatable bonds is 6. The van der Waals surface area contributed by atoms with Crippen molar-refractivity contribution in [3.05, 3.63) is 159 Å². The van der Waals surface area contributed by atoms with Crippen LogP contribution in [-0.4, -0.2) is 19.9 Å². The lowest BCUT2D eigenvalue weighted by molar-refractivity contribution is 0.558. The second-order valence-corrected chi connectivity index (χ2v) is 11.6. The molecule has 0 N–H and O–H groups in total. The van der Waals surface area contributed by atoms with Crippen LogP contribution in [0.1, 0.15) is 0 Å². The first-order valence-corrected chi connectivity index (χ1v) is 15.6. The van der Waals surface area contributed by atoms with Crippen LogP contribution in [0, 0.1) is 0 Å². The van der Waals surface area contributed by atoms with Crippen molar-refractivity contribution in [3.63, 3.8) is 0 Å². The molecule has 5 aromatic carbocycles. The highest BCUT2D eigenvalue weighted by Gasteiger charge is 2.20. The molecule has 9 aromatic rings. The van der Waals surface area contributed by atoms with Gasteiger partial charge in [0.2, 0.25) is 0 Å². The number of hydrogen-bond acceptors (Lipinski definition) is 6. The highest BCUT2D eigenvalue weighted by atomic mass is 16.3. The van der Waals surface area contributed by atoms with Crippen LogP contribution >= 0.6 is 0 Å². The Morgan fingerprint density at radius 3 is 1.46 bits per heavy atom. The van der Waals surface area contributed by atoms with E-state index in [-0.39, 0.29) is 0 Å². The summed E-state index contributed by atoms with van der Waals surface area (Å²) >= 11 is 0. The van der Waals surface area contributed by atoms with Gasteiger partial charge in [-0.1, -0.05) is 91.0 Å². The van der Waals surface area contributed by atoms with E-state index < -0.39 is 0 Å². The minimum atomic E-state index is 0.759. The van der Waals surface area contributed by atoms with Gasteiger partial charge in [0.1, 0.15) is 23.9 Å². The summed E-state index contributed by atoms with van der Waals surface area (Å²) < 4.78 is 10.6. The van der Waals surface area contributed by atoms with E-state index in [0.29, 0.717) is 0 Å². The molecule has 6 heteroatoms. The van der Waals surface area contributed by atoms with Gasteiger partial charge in [-0.15, -0.1) is 0 Å². The van der Waals surface area contributed by atoms with Crippen LogP contribution in [0.5, 0.6) is 0 Å². The second-order valence-electron chi connectivity index (χ2n) is 11.6. The molecular formula is C42H26N4O2. The molecule has 0 unspecified atom stereocenters. The Labute approximate surface area is 276 Å². The number of pyridine rings is 2. The number of nitrogens with zero attached hydrogens (tertiary/aromatic N) is 4. The monoisotopic (exact) mass is 618 g/mol. The van der Waals surface area contributed by atoms with E-state index >= 15 is 0 Å². The molecule has 6 nitrogen and oxygen atoms in total. The molecule has 0 amide bonds. The lowest BCUT2D eigenvalue weighted by atomic mass is 9.86. The van der Waals surface area contributed by atoms with Crippen LogP contribution in [-0.2, 0) is 0 Å². The van der Waals surface area contributed by atoms with Crippen molar-refractivity contribution in [2.75, 3.05) is 0 Å². The first-order valence-electron chi connectivity index (χ1n) is 15.6. The number of fused-ring (bicyclic) bond motifs is 2. The lowest BCUT2D eigenvalue weighted by Gasteiger charge is -2.19. The number of oxazole rings is 2. The van der Waals surface area contributed by atoms with Gasteiger partial charge in [-0.25, -0.2) is 9.97 Å². The Kier molecular flexibility index (Phi) is 6.68. The van der Waals surface area contributed by atoms with Gasteiger partial charge in [0.05, 0.1) is 11.4 Å². The van der Waals surface area contributed by atoms with Gasteiger partial charge < -0.3 is 8.83 Å². The summed E-state index contributed by atoms with van der Waals surface area (Å²) in [5, 5.41) is 4.30. The molecule has 0 fully saturated rings. The van der Waals surface area contributed by atoms with Gasteiger partial charge in [0.15, 0.2) is 12.8 Å². The average Bonchev–Trinajstić information content (AvgIpc) is 3.90. The molecule has 0 spiro atoms. The maximum Gasteiger partial charge on any atom is 0.181 e. The van der Waals surface area contributed by atoms with Crippen LogP contribution < -0.4 is 0 Å². The zero-order chi connectivity index (χ0) is 31.9. The molecule has 226 valence electrons. The normalized spacial score (nSPS) is 11.3. The van der Waals surface area contributed by atoms with Gasteiger partial charge in [-0.2, -0.15) is 0 Å². The van der Waals surface area contributed by atoms with Crippen molar-refractivity contribution in [1.82, 2.24) is 19.9 Å². The summed E-state index contributed by atoms with van der Waals surface area (Å²) in [5.74, 6) is 0. The standard InChI is InChI=1S/C42H26N4O2/c1-2-8-27(9-3-1)31-10-4-5-11-32(31)28-14-15-35-36(20-28)42(38-22-30(17-19-44-38)40-24-48-26-46-40)34-13-7-6-12-33(34)41(35)37-21-29(16-18-43-37)39-23-47-25-45-39/h1-26H. The van der Waals surface area contributed by atoms with Crippen molar-refractivity contribution in [1.29, 1.82) is 0 Å². The van der Waals surface area contributed by atoms with Crippen molar-refractivity contribution in [2.24, 2.45) is 0 Å². The molecule has 0 aliphatic heterocycles. The third kappa shape index (κ3) is 4.75. The smallest absolute Gasteiger partial charge is 0.181 e. The largest absolute Gasteiger partial charge is 0.451 e. The number of hydrogen-bond donors (Lipinski definition) is 0. The Hall–Kier alpha value is -6.66. The maximum atomic E-state index is 5.32. The van der Waals surface area contributed by atoms with Crippen LogP contribution in [0.3, 0.4) is 0 Å². The highest BCUT2D eigenvalue weighted by Crippen LogP contribution is 2.45. The third-order valence-electron chi connectivity index (χ3n) is 8.84. The molecule has 4 heterocycles. The quantitative estimate of drug-likeness (QED) is 0.173. The van der Waals surface area contributed by atoms with E-state index in [4.69, 9.17) is 18.8 Å². The molecule has 0 aliphatic carbocycles.